The average molecular weight is 131 g/mol. The lowest BCUT2D eigenvalue weighted by Gasteiger charge is -2.04. The molecular weight excluding hydrogens is 118 g/mol. The molecule has 0 atom stereocenters. The van der Waals surface area contributed by atoms with E-state index in [0.717, 1.165) is 5.70 Å². The Hall–Kier alpha value is -0.740. The molecule has 0 aromatic rings. The van der Waals surface area contributed by atoms with Gasteiger partial charge in [0.15, 0.2) is 0 Å². The molecule has 0 amide bonds. The first-order valence-electron chi connectivity index (χ1n) is 2.72. The van der Waals surface area contributed by atoms with Gasteiger partial charge in [-0.15, -0.1) is 0 Å². The molecule has 0 saturated carbocycles. The summed E-state index contributed by atoms with van der Waals surface area (Å²) in [6.07, 6.45) is 0. The number of nitrogens with one attached hydrogen (secondary N) is 2. The molecule has 0 aliphatic rings. The second-order valence-corrected chi connectivity index (χ2v) is 1.74. The molecule has 0 aliphatic carbocycles. The van der Waals surface area contributed by atoms with E-state index in [4.69, 9.17) is 10.9 Å². The zero-order valence-corrected chi connectivity index (χ0v) is 5.73. The first kappa shape index (κ1) is 8.26. The maximum Gasteiger partial charge on any atom is 0.0621 e. The van der Waals surface area contributed by atoms with Crippen LogP contribution in [-0.4, -0.2) is 18.8 Å². The van der Waals surface area contributed by atoms with Crippen LogP contribution >= 0.6 is 0 Å². The Balaban J connectivity index is 3.78. The number of hydroxylamine groups is 1. The third-order valence-electron chi connectivity index (χ3n) is 1.13. The minimum absolute atomic E-state index is 0.298. The van der Waals surface area contributed by atoms with E-state index in [2.05, 4.69) is 5.32 Å². The van der Waals surface area contributed by atoms with E-state index in [0.29, 0.717) is 12.2 Å². The molecule has 0 aromatic carbocycles. The fraction of sp³-hybridized carbons (Fsp3) is 0.600. The Bertz CT molecular complexity index is 111. The summed E-state index contributed by atoms with van der Waals surface area (Å²) in [6.45, 7) is 2.14. The van der Waals surface area contributed by atoms with Gasteiger partial charge in [0.1, 0.15) is 0 Å². The number of hydrogen-bond acceptors (Lipinski definition) is 4. The number of rotatable bonds is 3. The van der Waals surface area contributed by atoms with Crippen molar-refractivity contribution >= 4 is 0 Å². The van der Waals surface area contributed by atoms with Crippen LogP contribution in [0.5, 0.6) is 0 Å². The Kier molecular flexibility index (Phi) is 3.83. The lowest BCUT2D eigenvalue weighted by Crippen LogP contribution is -2.21. The molecule has 0 fully saturated rings. The third kappa shape index (κ3) is 2.94. The molecule has 0 radical (unpaired) electrons. The van der Waals surface area contributed by atoms with Crippen LogP contribution in [0.2, 0.25) is 0 Å². The van der Waals surface area contributed by atoms with Crippen molar-refractivity contribution < 1.29 is 5.21 Å². The van der Waals surface area contributed by atoms with Crippen molar-refractivity contribution in [3.8, 4) is 0 Å². The molecule has 0 spiro atoms. The summed E-state index contributed by atoms with van der Waals surface area (Å²) in [5, 5.41) is 11.0. The molecule has 0 unspecified atom stereocenters. The fourth-order valence-corrected chi connectivity index (χ4v) is 0.378. The molecule has 0 saturated heterocycles. The van der Waals surface area contributed by atoms with Crippen LogP contribution in [0.1, 0.15) is 6.92 Å². The van der Waals surface area contributed by atoms with Gasteiger partial charge in [-0.25, -0.2) is 0 Å². The second-order valence-electron chi connectivity index (χ2n) is 1.74. The van der Waals surface area contributed by atoms with E-state index >= 15 is 0 Å². The lowest BCUT2D eigenvalue weighted by atomic mass is 10.3. The minimum atomic E-state index is 0.298. The van der Waals surface area contributed by atoms with Crippen LogP contribution in [0.3, 0.4) is 0 Å². The van der Waals surface area contributed by atoms with E-state index in [1.807, 2.05) is 12.4 Å². The topological polar surface area (TPSA) is 70.3 Å². The van der Waals surface area contributed by atoms with Gasteiger partial charge in [-0.3, -0.25) is 0 Å². The SMILES string of the molecule is CN/C(C)=C(\N)CNO. The standard InChI is InChI=1S/C5H13N3O/c1-4(7-2)5(6)3-8-9/h7-9H,3,6H2,1-2H3/b5-4-. The zero-order valence-electron chi connectivity index (χ0n) is 5.73. The molecule has 0 rings (SSSR count). The average Bonchev–Trinajstić information content (AvgIpc) is 1.87. The maximum absolute atomic E-state index is 8.19. The molecule has 0 bridgehead atoms. The zero-order chi connectivity index (χ0) is 7.28. The van der Waals surface area contributed by atoms with Gasteiger partial charge in [0.2, 0.25) is 0 Å². The van der Waals surface area contributed by atoms with Crippen LogP contribution in [0, 0.1) is 0 Å². The minimum Gasteiger partial charge on any atom is -0.400 e. The highest BCUT2D eigenvalue weighted by Crippen LogP contribution is 1.88. The molecule has 54 valence electrons. The quantitative estimate of drug-likeness (QED) is 0.385. The van der Waals surface area contributed by atoms with E-state index in [1.54, 1.807) is 7.05 Å². The Morgan fingerprint density at radius 3 is 2.56 bits per heavy atom. The number of nitrogens with two attached hydrogens (primary N) is 1. The Morgan fingerprint density at radius 2 is 2.22 bits per heavy atom. The van der Waals surface area contributed by atoms with Crippen molar-refractivity contribution in [1.29, 1.82) is 0 Å². The van der Waals surface area contributed by atoms with Crippen LogP contribution in [0.25, 0.3) is 0 Å². The van der Waals surface area contributed by atoms with Crippen molar-refractivity contribution in [3.63, 3.8) is 0 Å². The molecular formula is C5H13N3O. The summed E-state index contributed by atoms with van der Waals surface area (Å²) in [5.41, 5.74) is 8.88. The highest BCUT2D eigenvalue weighted by Gasteiger charge is 1.91. The smallest absolute Gasteiger partial charge is 0.0621 e. The van der Waals surface area contributed by atoms with Crippen molar-refractivity contribution in [1.82, 2.24) is 10.8 Å². The molecule has 0 aliphatic heterocycles. The summed E-state index contributed by atoms with van der Waals surface area (Å²) in [6, 6.07) is 0. The van der Waals surface area contributed by atoms with E-state index in [1.165, 1.54) is 0 Å². The van der Waals surface area contributed by atoms with Gasteiger partial charge in [0.05, 0.1) is 6.54 Å². The van der Waals surface area contributed by atoms with Crippen molar-refractivity contribution in [3.05, 3.63) is 11.4 Å². The summed E-state index contributed by atoms with van der Waals surface area (Å²) in [5.74, 6) is 0. The largest absolute Gasteiger partial charge is 0.400 e. The summed E-state index contributed by atoms with van der Waals surface area (Å²) in [4.78, 5) is 0. The monoisotopic (exact) mass is 131 g/mol. The fourth-order valence-electron chi connectivity index (χ4n) is 0.378. The Labute approximate surface area is 54.7 Å². The molecule has 5 N–H and O–H groups in total. The Morgan fingerprint density at radius 1 is 1.67 bits per heavy atom. The first-order chi connectivity index (χ1) is 4.22. The number of allylic oxidation sites excluding steroid dienone is 1. The van der Waals surface area contributed by atoms with E-state index < -0.39 is 0 Å². The maximum atomic E-state index is 8.19. The van der Waals surface area contributed by atoms with Crippen LogP contribution in [0.15, 0.2) is 11.4 Å². The van der Waals surface area contributed by atoms with Crippen molar-refractivity contribution in [2.75, 3.05) is 13.6 Å². The van der Waals surface area contributed by atoms with Crippen molar-refractivity contribution in [2.45, 2.75) is 6.92 Å². The predicted molar refractivity (Wildman–Crippen MR) is 35.7 cm³/mol. The van der Waals surface area contributed by atoms with Gasteiger partial charge in [-0.1, -0.05) is 0 Å². The third-order valence-corrected chi connectivity index (χ3v) is 1.13. The molecule has 4 heteroatoms. The van der Waals surface area contributed by atoms with Crippen LogP contribution in [-0.2, 0) is 0 Å². The first-order valence-corrected chi connectivity index (χ1v) is 2.72. The highest BCUT2D eigenvalue weighted by molar-refractivity contribution is 5.06. The van der Waals surface area contributed by atoms with E-state index in [-0.39, 0.29) is 0 Å². The van der Waals surface area contributed by atoms with Gasteiger partial charge < -0.3 is 16.3 Å². The molecule has 0 aromatic heterocycles. The number of hydrogen-bond donors (Lipinski definition) is 4. The van der Waals surface area contributed by atoms with Crippen molar-refractivity contribution in [2.24, 2.45) is 5.73 Å². The summed E-state index contributed by atoms with van der Waals surface area (Å²) >= 11 is 0. The van der Waals surface area contributed by atoms with Crippen LogP contribution in [0.4, 0.5) is 0 Å². The normalized spacial score (nSPS) is 12.8. The second kappa shape index (κ2) is 4.17. The van der Waals surface area contributed by atoms with Gasteiger partial charge >= 0.3 is 0 Å². The predicted octanol–water partition coefficient (Wildman–Crippen LogP) is -0.625. The van der Waals surface area contributed by atoms with Crippen LogP contribution < -0.4 is 16.5 Å². The highest BCUT2D eigenvalue weighted by atomic mass is 16.5. The molecule has 0 heterocycles. The van der Waals surface area contributed by atoms with Gasteiger partial charge in [0, 0.05) is 18.4 Å². The van der Waals surface area contributed by atoms with E-state index in [9.17, 15) is 0 Å². The summed E-state index contributed by atoms with van der Waals surface area (Å²) < 4.78 is 0. The van der Waals surface area contributed by atoms with Gasteiger partial charge in [-0.05, 0) is 6.92 Å². The molecule has 9 heavy (non-hydrogen) atoms. The lowest BCUT2D eigenvalue weighted by molar-refractivity contribution is 0.176. The molecule has 4 nitrogen and oxygen atoms in total. The van der Waals surface area contributed by atoms with Gasteiger partial charge in [0.25, 0.3) is 0 Å². The summed E-state index contributed by atoms with van der Waals surface area (Å²) in [7, 11) is 1.78. The van der Waals surface area contributed by atoms with Gasteiger partial charge in [-0.2, -0.15) is 5.48 Å².